The third-order valence-corrected chi connectivity index (χ3v) is 4.44. The molecule has 0 atom stereocenters. The second kappa shape index (κ2) is 7.90. The Bertz CT molecular complexity index is 593. The number of anilines is 2. The lowest BCUT2D eigenvalue weighted by atomic mass is 10.2. The first-order valence-electron chi connectivity index (χ1n) is 8.50. The molecule has 2 aromatic heterocycles. The van der Waals surface area contributed by atoms with Crippen LogP contribution >= 0.6 is 0 Å². The van der Waals surface area contributed by atoms with Crippen LogP contribution < -0.4 is 9.80 Å². The molecule has 0 unspecified atom stereocenters. The largest absolute Gasteiger partial charge is 0.359 e. The van der Waals surface area contributed by atoms with Crippen LogP contribution in [0.15, 0.2) is 36.9 Å². The average molecular weight is 311 g/mol. The van der Waals surface area contributed by atoms with Crippen molar-refractivity contribution in [1.29, 1.82) is 0 Å². The molecule has 23 heavy (non-hydrogen) atoms. The lowest BCUT2D eigenvalue weighted by molar-refractivity contribution is 0.726. The fraction of sp³-hybridized carbons (Fsp3) is 0.500. The highest BCUT2D eigenvalue weighted by atomic mass is 15.2. The molecule has 1 saturated heterocycles. The van der Waals surface area contributed by atoms with E-state index < -0.39 is 0 Å². The summed E-state index contributed by atoms with van der Waals surface area (Å²) in [4.78, 5) is 17.6. The third-order valence-electron chi connectivity index (χ3n) is 4.44. The van der Waals surface area contributed by atoms with Crippen LogP contribution in [-0.2, 0) is 6.42 Å². The van der Waals surface area contributed by atoms with Gasteiger partial charge in [0.05, 0.1) is 0 Å². The van der Waals surface area contributed by atoms with E-state index in [0.717, 1.165) is 37.7 Å². The Kier molecular flexibility index (Phi) is 5.40. The number of pyridine rings is 1. The Morgan fingerprint density at radius 1 is 1.04 bits per heavy atom. The lowest BCUT2D eigenvalue weighted by Gasteiger charge is -2.23. The van der Waals surface area contributed by atoms with Gasteiger partial charge in [-0.2, -0.15) is 0 Å². The number of hydrogen-bond donors (Lipinski definition) is 0. The van der Waals surface area contributed by atoms with Crippen LogP contribution in [0.3, 0.4) is 0 Å². The molecule has 0 radical (unpaired) electrons. The lowest BCUT2D eigenvalue weighted by Crippen LogP contribution is -2.26. The summed E-state index contributed by atoms with van der Waals surface area (Å²) in [5.74, 6) is 2.06. The zero-order valence-electron chi connectivity index (χ0n) is 13.9. The summed E-state index contributed by atoms with van der Waals surface area (Å²) in [5.41, 5.74) is 1.30. The van der Waals surface area contributed by atoms with Crippen molar-refractivity contribution in [2.45, 2.75) is 32.1 Å². The van der Waals surface area contributed by atoms with Crippen molar-refractivity contribution in [3.8, 4) is 0 Å². The summed E-state index contributed by atoms with van der Waals surface area (Å²) < 4.78 is 0. The van der Waals surface area contributed by atoms with E-state index in [1.54, 1.807) is 6.33 Å². The molecular weight excluding hydrogens is 286 g/mol. The molecule has 0 aromatic carbocycles. The Hall–Kier alpha value is -2.17. The Morgan fingerprint density at radius 3 is 2.52 bits per heavy atom. The van der Waals surface area contributed by atoms with Crippen molar-refractivity contribution in [3.63, 3.8) is 0 Å². The normalized spacial score (nSPS) is 15.3. The predicted octanol–water partition coefficient (Wildman–Crippen LogP) is 2.93. The highest BCUT2D eigenvalue weighted by molar-refractivity contribution is 5.49. The van der Waals surface area contributed by atoms with Crippen molar-refractivity contribution < 1.29 is 0 Å². The first-order chi connectivity index (χ1) is 11.3. The molecule has 3 rings (SSSR count). The van der Waals surface area contributed by atoms with Crippen LogP contribution in [0, 0.1) is 0 Å². The van der Waals surface area contributed by atoms with E-state index in [2.05, 4.69) is 50.0 Å². The quantitative estimate of drug-likeness (QED) is 0.849. The summed E-state index contributed by atoms with van der Waals surface area (Å²) in [5, 5.41) is 0. The zero-order chi connectivity index (χ0) is 15.9. The van der Waals surface area contributed by atoms with E-state index in [1.807, 2.05) is 12.4 Å². The summed E-state index contributed by atoms with van der Waals surface area (Å²) in [6, 6.07) is 6.25. The second-order valence-corrected chi connectivity index (χ2v) is 6.16. The maximum atomic E-state index is 4.49. The van der Waals surface area contributed by atoms with Crippen LogP contribution in [-0.4, -0.2) is 41.6 Å². The zero-order valence-corrected chi connectivity index (χ0v) is 13.9. The van der Waals surface area contributed by atoms with Gasteiger partial charge in [-0.3, -0.25) is 4.98 Å². The van der Waals surface area contributed by atoms with Gasteiger partial charge in [-0.25, -0.2) is 9.97 Å². The molecule has 2 aromatic rings. The highest BCUT2D eigenvalue weighted by Crippen LogP contribution is 2.20. The molecule has 3 heterocycles. The third kappa shape index (κ3) is 4.41. The van der Waals surface area contributed by atoms with Crippen LogP contribution in [0.4, 0.5) is 11.6 Å². The minimum Gasteiger partial charge on any atom is -0.359 e. The van der Waals surface area contributed by atoms with Crippen LogP contribution in [0.2, 0.25) is 0 Å². The predicted molar refractivity (Wildman–Crippen MR) is 93.9 cm³/mol. The second-order valence-electron chi connectivity index (χ2n) is 6.16. The molecule has 0 aliphatic carbocycles. The molecule has 122 valence electrons. The van der Waals surface area contributed by atoms with E-state index in [1.165, 1.54) is 31.2 Å². The Labute approximate surface area is 138 Å². The van der Waals surface area contributed by atoms with Crippen LogP contribution in [0.25, 0.3) is 0 Å². The molecule has 0 spiro atoms. The minimum atomic E-state index is 0.931. The number of hydrogen-bond acceptors (Lipinski definition) is 5. The fourth-order valence-electron chi connectivity index (χ4n) is 2.98. The van der Waals surface area contributed by atoms with Crippen LogP contribution in [0.1, 0.15) is 31.2 Å². The number of likely N-dealkylation sites (N-methyl/N-ethyl adjacent to an activating group) is 1. The molecule has 1 fully saturated rings. The van der Waals surface area contributed by atoms with Gasteiger partial charge in [0, 0.05) is 45.1 Å². The van der Waals surface area contributed by atoms with Crippen molar-refractivity contribution >= 4 is 11.6 Å². The van der Waals surface area contributed by atoms with Gasteiger partial charge in [0.2, 0.25) is 0 Å². The van der Waals surface area contributed by atoms with Gasteiger partial charge in [-0.1, -0.05) is 12.8 Å². The summed E-state index contributed by atoms with van der Waals surface area (Å²) in [6.07, 6.45) is 11.6. The average Bonchev–Trinajstić information content (AvgIpc) is 2.90. The monoisotopic (exact) mass is 311 g/mol. The Morgan fingerprint density at radius 2 is 1.78 bits per heavy atom. The number of aromatic nitrogens is 3. The Balaban J connectivity index is 1.63. The summed E-state index contributed by atoms with van der Waals surface area (Å²) in [7, 11) is 2.09. The van der Waals surface area contributed by atoms with Gasteiger partial charge in [0.15, 0.2) is 0 Å². The SMILES string of the molecule is CN(CCc1ccncc1)c1cc(N2CCCCCC2)ncn1. The minimum absolute atomic E-state index is 0.931. The van der Waals surface area contributed by atoms with E-state index in [0.29, 0.717) is 0 Å². The first kappa shape index (κ1) is 15.7. The van der Waals surface area contributed by atoms with E-state index in [9.17, 15) is 0 Å². The summed E-state index contributed by atoms with van der Waals surface area (Å²) >= 11 is 0. The van der Waals surface area contributed by atoms with E-state index in [4.69, 9.17) is 0 Å². The molecular formula is C18H25N5. The van der Waals surface area contributed by atoms with Crippen molar-refractivity contribution in [2.75, 3.05) is 36.5 Å². The van der Waals surface area contributed by atoms with Crippen molar-refractivity contribution in [3.05, 3.63) is 42.5 Å². The maximum Gasteiger partial charge on any atom is 0.134 e. The maximum absolute atomic E-state index is 4.49. The number of rotatable bonds is 5. The van der Waals surface area contributed by atoms with E-state index in [-0.39, 0.29) is 0 Å². The van der Waals surface area contributed by atoms with Gasteiger partial charge in [0.1, 0.15) is 18.0 Å². The molecule has 1 aliphatic heterocycles. The topological polar surface area (TPSA) is 45.2 Å². The molecule has 1 aliphatic rings. The molecule has 0 amide bonds. The van der Waals surface area contributed by atoms with Gasteiger partial charge < -0.3 is 9.80 Å². The first-order valence-corrected chi connectivity index (χ1v) is 8.50. The van der Waals surface area contributed by atoms with Gasteiger partial charge >= 0.3 is 0 Å². The van der Waals surface area contributed by atoms with Gasteiger partial charge in [-0.15, -0.1) is 0 Å². The van der Waals surface area contributed by atoms with Crippen LogP contribution in [0.5, 0.6) is 0 Å². The van der Waals surface area contributed by atoms with Gasteiger partial charge in [-0.05, 0) is 37.0 Å². The van der Waals surface area contributed by atoms with Gasteiger partial charge in [0.25, 0.3) is 0 Å². The molecule has 0 bridgehead atoms. The van der Waals surface area contributed by atoms with E-state index >= 15 is 0 Å². The van der Waals surface area contributed by atoms with Crippen molar-refractivity contribution in [2.24, 2.45) is 0 Å². The molecule has 5 nitrogen and oxygen atoms in total. The smallest absolute Gasteiger partial charge is 0.134 e. The highest BCUT2D eigenvalue weighted by Gasteiger charge is 2.13. The summed E-state index contributed by atoms with van der Waals surface area (Å²) in [6.45, 7) is 3.15. The standard InChI is InChI=1S/C18H25N5/c1-22(13-8-16-6-9-19-10-7-16)17-14-18(21-15-20-17)23-11-4-2-3-5-12-23/h6-7,9-10,14-15H,2-5,8,11-13H2,1H3. The molecule has 0 saturated carbocycles. The number of nitrogens with zero attached hydrogens (tertiary/aromatic N) is 5. The molecule has 0 N–H and O–H groups in total. The van der Waals surface area contributed by atoms with Crippen molar-refractivity contribution in [1.82, 2.24) is 15.0 Å². The molecule has 5 heteroatoms. The fourth-order valence-corrected chi connectivity index (χ4v) is 2.98.